The van der Waals surface area contributed by atoms with E-state index in [1.807, 2.05) is 68.4 Å². The number of nitrogens with zero attached hydrogens (tertiary/aromatic N) is 1. The number of fused-ring (bicyclic) bond motifs is 5. The molecule has 3 saturated heterocycles. The van der Waals surface area contributed by atoms with Gasteiger partial charge in [-0.1, -0.05) is 54.6 Å². The molecule has 40 heavy (non-hydrogen) atoms. The Morgan fingerprint density at radius 2 is 1.73 bits per heavy atom. The normalized spacial score (nSPS) is 25.6. The van der Waals surface area contributed by atoms with Gasteiger partial charge in [-0.2, -0.15) is 0 Å². The van der Waals surface area contributed by atoms with Gasteiger partial charge in [0.2, 0.25) is 5.91 Å². The van der Waals surface area contributed by atoms with Crippen LogP contribution in [0.5, 0.6) is 0 Å². The molecule has 0 saturated carbocycles. The topological polar surface area (TPSA) is 103 Å². The molecule has 0 radical (unpaired) electrons. The number of aliphatic hydroxyl groups excluding tert-OH is 1. The highest BCUT2D eigenvalue weighted by molar-refractivity contribution is 5.97. The molecule has 3 aliphatic heterocycles. The summed E-state index contributed by atoms with van der Waals surface area (Å²) in [5.41, 5.74) is 5.54. The van der Waals surface area contributed by atoms with Crippen LogP contribution in [0.3, 0.4) is 0 Å². The van der Waals surface area contributed by atoms with Crippen molar-refractivity contribution in [1.29, 1.82) is 0 Å². The molecule has 0 aliphatic carbocycles. The number of piperidine rings is 1. The predicted octanol–water partition coefficient (Wildman–Crippen LogP) is 5.06. The summed E-state index contributed by atoms with van der Waals surface area (Å²) >= 11 is 0. The Hall–Kier alpha value is -3.72. The van der Waals surface area contributed by atoms with Gasteiger partial charge in [0.05, 0.1) is 18.2 Å². The molecule has 5 atom stereocenters. The molecule has 3 aromatic rings. The van der Waals surface area contributed by atoms with Gasteiger partial charge in [0.25, 0.3) is 0 Å². The lowest BCUT2D eigenvalue weighted by Crippen LogP contribution is -2.48. The third kappa shape index (κ3) is 5.10. The average molecular weight is 542 g/mol. The molecule has 3 heterocycles. The largest absolute Gasteiger partial charge is 0.446 e. The minimum Gasteiger partial charge on any atom is -0.446 e. The molecular formula is C32H35N3O5. The third-order valence-corrected chi connectivity index (χ3v) is 8.64. The van der Waals surface area contributed by atoms with E-state index in [-0.39, 0.29) is 30.8 Å². The van der Waals surface area contributed by atoms with E-state index in [0.717, 1.165) is 40.7 Å². The number of epoxide rings is 1. The minimum absolute atomic E-state index is 0.0497. The Morgan fingerprint density at radius 3 is 2.40 bits per heavy atom. The summed E-state index contributed by atoms with van der Waals surface area (Å²) in [6, 6.07) is 21.6. The number of ether oxygens (including phenoxy) is 2. The zero-order valence-electron chi connectivity index (χ0n) is 23.0. The maximum atomic E-state index is 13.2. The van der Waals surface area contributed by atoms with Crippen molar-refractivity contribution in [2.45, 2.75) is 69.6 Å². The monoisotopic (exact) mass is 541 g/mol. The van der Waals surface area contributed by atoms with Crippen molar-refractivity contribution >= 4 is 23.4 Å². The van der Waals surface area contributed by atoms with E-state index in [1.165, 1.54) is 0 Å². The van der Waals surface area contributed by atoms with Crippen LogP contribution in [0.2, 0.25) is 0 Å². The van der Waals surface area contributed by atoms with Crippen molar-refractivity contribution in [3.8, 4) is 11.1 Å². The maximum Gasteiger partial charge on any atom is 0.411 e. The van der Waals surface area contributed by atoms with Crippen molar-refractivity contribution < 1.29 is 24.2 Å². The molecule has 3 aliphatic rings. The molecule has 3 aromatic carbocycles. The van der Waals surface area contributed by atoms with E-state index in [1.54, 1.807) is 12.1 Å². The van der Waals surface area contributed by atoms with Crippen LogP contribution in [-0.2, 0) is 20.9 Å². The lowest BCUT2D eigenvalue weighted by molar-refractivity contribution is -0.117. The van der Waals surface area contributed by atoms with Gasteiger partial charge in [0.15, 0.2) is 0 Å². The van der Waals surface area contributed by atoms with Crippen molar-refractivity contribution in [3.63, 3.8) is 0 Å². The van der Waals surface area contributed by atoms with E-state index in [9.17, 15) is 14.7 Å². The van der Waals surface area contributed by atoms with Crippen LogP contribution >= 0.6 is 0 Å². The number of likely N-dealkylation sites (N-methyl/N-ethyl adjacent to an activating group) is 1. The number of morpholine rings is 1. The Balaban J connectivity index is 1.19. The van der Waals surface area contributed by atoms with Gasteiger partial charge in [-0.15, -0.1) is 0 Å². The first-order chi connectivity index (χ1) is 19.3. The van der Waals surface area contributed by atoms with Gasteiger partial charge in [-0.3, -0.25) is 15.0 Å². The van der Waals surface area contributed by atoms with Crippen molar-refractivity contribution in [2.75, 3.05) is 17.7 Å². The van der Waals surface area contributed by atoms with Crippen molar-refractivity contribution in [1.82, 2.24) is 4.90 Å². The summed E-state index contributed by atoms with van der Waals surface area (Å²) < 4.78 is 11.7. The van der Waals surface area contributed by atoms with Gasteiger partial charge in [0, 0.05) is 36.2 Å². The lowest BCUT2D eigenvalue weighted by atomic mass is 9.95. The maximum absolute atomic E-state index is 13.2. The molecule has 2 bridgehead atoms. The average Bonchev–Trinajstić information content (AvgIpc) is 3.72. The number of carbonyl (C=O) groups is 2. The molecule has 6 rings (SSSR count). The number of nitrogens with one attached hydrogen (secondary N) is 2. The van der Waals surface area contributed by atoms with Crippen LogP contribution in [0.1, 0.15) is 42.4 Å². The van der Waals surface area contributed by atoms with E-state index in [4.69, 9.17) is 9.47 Å². The summed E-state index contributed by atoms with van der Waals surface area (Å²) in [7, 11) is 2.13. The fourth-order valence-electron chi connectivity index (χ4n) is 6.25. The molecule has 8 heteroatoms. The number of amides is 2. The first kappa shape index (κ1) is 26.5. The van der Waals surface area contributed by atoms with Crippen LogP contribution < -0.4 is 10.6 Å². The zero-order chi connectivity index (χ0) is 28.0. The lowest BCUT2D eigenvalue weighted by Gasteiger charge is -2.37. The number of hydrogen-bond acceptors (Lipinski definition) is 6. The van der Waals surface area contributed by atoms with Gasteiger partial charge in [0.1, 0.15) is 18.3 Å². The highest BCUT2D eigenvalue weighted by Gasteiger charge is 2.62. The second-order valence-corrected chi connectivity index (χ2v) is 11.2. The first-order valence-corrected chi connectivity index (χ1v) is 13.9. The van der Waals surface area contributed by atoms with E-state index in [0.29, 0.717) is 23.5 Å². The molecule has 2 amide bonds. The van der Waals surface area contributed by atoms with Crippen molar-refractivity contribution in [3.05, 3.63) is 83.4 Å². The molecule has 5 unspecified atom stereocenters. The number of rotatable bonds is 7. The van der Waals surface area contributed by atoms with Gasteiger partial charge in [-0.25, -0.2) is 4.79 Å². The number of aliphatic hydroxyl groups is 1. The SMILES string of the molecule is Cc1cc(CO)ccc1NC(=O)C(C)c1ccc(-c2ccccc2)c(NC(=O)OC2CC3C4OC4C(C2)N3C)c1. The molecule has 3 fully saturated rings. The van der Waals surface area contributed by atoms with E-state index < -0.39 is 12.0 Å². The Kier molecular flexibility index (Phi) is 7.08. The van der Waals surface area contributed by atoms with Gasteiger partial charge in [-0.05, 0) is 55.3 Å². The third-order valence-electron chi connectivity index (χ3n) is 8.64. The summed E-state index contributed by atoms with van der Waals surface area (Å²) in [5, 5.41) is 15.4. The second kappa shape index (κ2) is 10.7. The molecule has 0 spiro atoms. The van der Waals surface area contributed by atoms with Gasteiger partial charge >= 0.3 is 6.09 Å². The van der Waals surface area contributed by atoms with Crippen LogP contribution in [0.25, 0.3) is 11.1 Å². The Labute approximate surface area is 234 Å². The first-order valence-electron chi connectivity index (χ1n) is 13.9. The molecule has 3 N–H and O–H groups in total. The Bertz CT molecular complexity index is 1410. The zero-order valence-corrected chi connectivity index (χ0v) is 23.0. The summed E-state index contributed by atoms with van der Waals surface area (Å²) in [5.74, 6) is -0.641. The standard InChI is InChI=1S/C32H35N3O5/c1-18-13-20(17-36)9-12-25(18)33-31(37)19(2)22-10-11-24(21-7-5-4-6-8-21)26(14-22)34-32(38)39-23-15-27-29-30(40-29)28(16-23)35(27)3/h4-14,19,23,27-30,36H,15-17H2,1-3H3,(H,33,37)(H,34,38). The fraction of sp³-hybridized carbons (Fsp3) is 0.375. The summed E-state index contributed by atoms with van der Waals surface area (Å²) in [4.78, 5) is 28.7. The highest BCUT2D eigenvalue weighted by atomic mass is 16.6. The summed E-state index contributed by atoms with van der Waals surface area (Å²) in [6.45, 7) is 3.69. The van der Waals surface area contributed by atoms with Crippen molar-refractivity contribution in [2.24, 2.45) is 0 Å². The van der Waals surface area contributed by atoms with Crippen LogP contribution in [0.4, 0.5) is 16.2 Å². The van der Waals surface area contributed by atoms with Gasteiger partial charge < -0.3 is 19.9 Å². The minimum atomic E-state index is -0.491. The smallest absolute Gasteiger partial charge is 0.411 e. The summed E-state index contributed by atoms with van der Waals surface area (Å²) in [6.07, 6.45) is 1.44. The van der Waals surface area contributed by atoms with E-state index in [2.05, 4.69) is 22.6 Å². The highest BCUT2D eigenvalue weighted by Crippen LogP contribution is 2.48. The van der Waals surface area contributed by atoms with Crippen LogP contribution in [0.15, 0.2) is 66.7 Å². The Morgan fingerprint density at radius 1 is 1.00 bits per heavy atom. The number of benzene rings is 3. The van der Waals surface area contributed by atoms with Crippen LogP contribution in [-0.4, -0.2) is 59.5 Å². The number of hydrogen-bond donors (Lipinski definition) is 3. The predicted molar refractivity (Wildman–Crippen MR) is 153 cm³/mol. The number of anilines is 2. The van der Waals surface area contributed by atoms with Crippen LogP contribution in [0, 0.1) is 6.92 Å². The molecular weight excluding hydrogens is 506 g/mol. The fourth-order valence-corrected chi connectivity index (χ4v) is 6.25. The molecule has 208 valence electrons. The number of aryl methyl sites for hydroxylation is 1. The second-order valence-electron chi connectivity index (χ2n) is 11.2. The molecule has 8 nitrogen and oxygen atoms in total. The van der Waals surface area contributed by atoms with E-state index >= 15 is 0 Å². The molecule has 0 aromatic heterocycles. The number of carbonyl (C=O) groups excluding carboxylic acids is 2. The quantitative estimate of drug-likeness (QED) is 0.362.